The average Bonchev–Trinajstić information content (AvgIpc) is 3.36. The van der Waals surface area contributed by atoms with E-state index >= 15 is 0 Å². The molecular formula is C25H25N3O2S. The molecule has 5 rings (SSSR count). The fourth-order valence-corrected chi connectivity index (χ4v) is 5.36. The lowest BCUT2D eigenvalue weighted by atomic mass is 9.95. The van der Waals surface area contributed by atoms with Crippen molar-refractivity contribution in [1.82, 2.24) is 4.57 Å². The fraction of sp³-hybridized carbons (Fsp3) is 0.280. The maximum atomic E-state index is 11.2. The number of methoxy groups -OCH3 is 1. The van der Waals surface area contributed by atoms with Crippen molar-refractivity contribution in [2.45, 2.75) is 38.1 Å². The number of aromatic nitrogens is 1. The standard InChI is InChI=1S/C25H25N3O2S/c1-30-20-13-11-18(12-14-20)27-25-28(19-7-3-2-4-8-19)24(29)23(31-25)15-17-16-26-22-10-6-5-9-21(17)22/h5-6,9-16,19,29H,2-4,7-8H2,1H3. The van der Waals surface area contributed by atoms with Crippen LogP contribution in [0, 0.1) is 0 Å². The number of fused-ring (bicyclic) bond motifs is 1. The van der Waals surface area contributed by atoms with Gasteiger partial charge in [-0.3, -0.25) is 9.56 Å². The molecule has 0 amide bonds. The fourth-order valence-electron chi connectivity index (χ4n) is 4.30. The summed E-state index contributed by atoms with van der Waals surface area (Å²) in [5, 5.41) is 11.2. The number of hydrogen-bond acceptors (Lipinski definition) is 5. The van der Waals surface area contributed by atoms with Crippen molar-refractivity contribution in [2.75, 3.05) is 7.11 Å². The van der Waals surface area contributed by atoms with E-state index in [9.17, 15) is 5.11 Å². The summed E-state index contributed by atoms with van der Waals surface area (Å²) in [6.45, 7) is 0. The zero-order valence-corrected chi connectivity index (χ0v) is 18.3. The first-order chi connectivity index (χ1) is 15.2. The summed E-state index contributed by atoms with van der Waals surface area (Å²) < 4.78 is 7.30. The van der Waals surface area contributed by atoms with Gasteiger partial charge in [0.1, 0.15) is 5.75 Å². The van der Waals surface area contributed by atoms with Crippen LogP contribution >= 0.6 is 11.3 Å². The van der Waals surface area contributed by atoms with Gasteiger partial charge in [0.2, 0.25) is 5.88 Å². The van der Waals surface area contributed by atoms with Crippen LogP contribution in [0.5, 0.6) is 11.6 Å². The van der Waals surface area contributed by atoms with Crippen molar-refractivity contribution in [3.8, 4) is 11.6 Å². The lowest BCUT2D eigenvalue weighted by Gasteiger charge is -2.23. The summed E-state index contributed by atoms with van der Waals surface area (Å²) in [7, 11) is 1.66. The van der Waals surface area contributed by atoms with Crippen LogP contribution in [0.2, 0.25) is 0 Å². The molecule has 31 heavy (non-hydrogen) atoms. The van der Waals surface area contributed by atoms with E-state index in [0.29, 0.717) is 5.88 Å². The van der Waals surface area contributed by atoms with Gasteiger partial charge in [0, 0.05) is 23.4 Å². The molecule has 0 bridgehead atoms. The Labute approximate surface area is 185 Å². The first kappa shape index (κ1) is 19.8. The predicted molar refractivity (Wildman–Crippen MR) is 127 cm³/mol. The van der Waals surface area contributed by atoms with E-state index in [2.05, 4.69) is 11.1 Å². The third-order valence-electron chi connectivity index (χ3n) is 5.94. The predicted octanol–water partition coefficient (Wildman–Crippen LogP) is 6.26. The molecule has 1 aliphatic carbocycles. The Hall–Kier alpha value is -3.12. The molecule has 1 aliphatic heterocycles. The van der Waals surface area contributed by atoms with E-state index in [4.69, 9.17) is 9.73 Å². The quantitative estimate of drug-likeness (QED) is 0.530. The molecule has 1 saturated carbocycles. The highest BCUT2D eigenvalue weighted by Gasteiger charge is 2.23. The first-order valence-electron chi connectivity index (χ1n) is 10.7. The van der Waals surface area contributed by atoms with E-state index in [1.54, 1.807) is 7.11 Å². The van der Waals surface area contributed by atoms with Crippen molar-refractivity contribution in [3.05, 3.63) is 63.8 Å². The van der Waals surface area contributed by atoms with Crippen molar-refractivity contribution >= 4 is 40.6 Å². The van der Waals surface area contributed by atoms with Crippen molar-refractivity contribution in [3.63, 3.8) is 0 Å². The second-order valence-corrected chi connectivity index (χ2v) is 8.93. The number of rotatable bonds is 4. The van der Waals surface area contributed by atoms with Gasteiger partial charge < -0.3 is 9.84 Å². The zero-order valence-electron chi connectivity index (χ0n) is 17.5. The highest BCUT2D eigenvalue weighted by molar-refractivity contribution is 7.10. The van der Waals surface area contributed by atoms with E-state index in [1.807, 2.05) is 59.3 Å². The maximum Gasteiger partial charge on any atom is 0.211 e. The molecule has 2 aromatic carbocycles. The minimum Gasteiger partial charge on any atom is -0.497 e. The van der Waals surface area contributed by atoms with E-state index in [1.165, 1.54) is 30.6 Å². The van der Waals surface area contributed by atoms with Gasteiger partial charge in [-0.05, 0) is 49.2 Å². The highest BCUT2D eigenvalue weighted by atomic mass is 32.1. The highest BCUT2D eigenvalue weighted by Crippen LogP contribution is 2.37. The monoisotopic (exact) mass is 431 g/mol. The molecule has 3 aromatic rings. The number of aliphatic imine (C=N–C) groups is 1. The van der Waals surface area contributed by atoms with Gasteiger partial charge in [-0.15, -0.1) is 0 Å². The Morgan fingerprint density at radius 3 is 2.65 bits per heavy atom. The van der Waals surface area contributed by atoms with Gasteiger partial charge in [-0.1, -0.05) is 48.8 Å². The molecule has 0 radical (unpaired) electrons. The third kappa shape index (κ3) is 3.95. The Balaban J connectivity index is 1.61. The number of ether oxygens (including phenoxy) is 1. The molecule has 5 nitrogen and oxygen atoms in total. The smallest absolute Gasteiger partial charge is 0.211 e. The van der Waals surface area contributed by atoms with Crippen LogP contribution in [0.1, 0.15) is 48.6 Å². The summed E-state index contributed by atoms with van der Waals surface area (Å²) in [6.07, 6.45) is 9.67. The molecule has 0 spiro atoms. The van der Waals surface area contributed by atoms with Gasteiger partial charge in [0.05, 0.1) is 23.4 Å². The van der Waals surface area contributed by atoms with Crippen LogP contribution in [0.15, 0.2) is 58.5 Å². The Bertz CT molecular complexity index is 1210. The van der Waals surface area contributed by atoms with Gasteiger partial charge in [-0.2, -0.15) is 0 Å². The first-order valence-corrected chi connectivity index (χ1v) is 11.5. The van der Waals surface area contributed by atoms with E-state index in [0.717, 1.165) is 50.8 Å². The number of para-hydroxylation sites is 1. The number of allylic oxidation sites excluding steroid dienone is 1. The van der Waals surface area contributed by atoms with Crippen LogP contribution in [0.3, 0.4) is 0 Å². The molecule has 1 N–H and O–H groups in total. The van der Waals surface area contributed by atoms with Crippen LogP contribution < -0.4 is 9.54 Å². The van der Waals surface area contributed by atoms with Gasteiger partial charge in [0.25, 0.3) is 0 Å². The largest absolute Gasteiger partial charge is 0.497 e. The maximum absolute atomic E-state index is 11.2. The summed E-state index contributed by atoms with van der Waals surface area (Å²) in [5.41, 5.74) is 3.92. The van der Waals surface area contributed by atoms with Crippen molar-refractivity contribution in [1.29, 1.82) is 0 Å². The molecule has 6 heteroatoms. The Morgan fingerprint density at radius 2 is 1.87 bits per heavy atom. The van der Waals surface area contributed by atoms with Gasteiger partial charge in [0.15, 0.2) is 4.80 Å². The summed E-state index contributed by atoms with van der Waals surface area (Å²) in [4.78, 5) is 11.0. The van der Waals surface area contributed by atoms with Crippen LogP contribution in [0.25, 0.3) is 11.6 Å². The lowest BCUT2D eigenvalue weighted by Crippen LogP contribution is -2.22. The van der Waals surface area contributed by atoms with Gasteiger partial charge in [-0.25, -0.2) is 4.99 Å². The molecule has 0 saturated heterocycles. The number of aromatic hydroxyl groups is 1. The Kier molecular flexibility index (Phi) is 5.47. The SMILES string of the molecule is COc1ccc(N=c2sc(C=C3C=Nc4ccccc43)c(O)n2C2CCCCC2)cc1. The molecular weight excluding hydrogens is 406 g/mol. The van der Waals surface area contributed by atoms with Crippen molar-refractivity contribution in [2.24, 2.45) is 9.98 Å². The summed E-state index contributed by atoms with van der Waals surface area (Å²) in [5.74, 6) is 1.10. The molecule has 1 fully saturated rings. The lowest BCUT2D eigenvalue weighted by molar-refractivity contribution is 0.307. The second kappa shape index (κ2) is 8.55. The minimum absolute atomic E-state index is 0.277. The second-order valence-electron chi connectivity index (χ2n) is 7.92. The normalized spacial score (nSPS) is 18.0. The van der Waals surface area contributed by atoms with Gasteiger partial charge >= 0.3 is 0 Å². The number of hydrogen-bond donors (Lipinski definition) is 1. The third-order valence-corrected chi connectivity index (χ3v) is 6.93. The number of nitrogens with zero attached hydrogens (tertiary/aromatic N) is 3. The van der Waals surface area contributed by atoms with Crippen molar-refractivity contribution < 1.29 is 9.84 Å². The molecule has 0 unspecified atom stereocenters. The number of benzene rings is 2. The number of thiazole rings is 1. The summed E-state index contributed by atoms with van der Waals surface area (Å²) >= 11 is 1.52. The molecule has 1 aromatic heterocycles. The minimum atomic E-state index is 0.277. The molecule has 2 heterocycles. The zero-order chi connectivity index (χ0) is 21.2. The summed E-state index contributed by atoms with van der Waals surface area (Å²) in [6, 6.07) is 16.1. The van der Waals surface area contributed by atoms with Crippen LogP contribution in [-0.2, 0) is 0 Å². The van der Waals surface area contributed by atoms with E-state index < -0.39 is 0 Å². The van der Waals surface area contributed by atoms with Crippen LogP contribution in [0.4, 0.5) is 11.4 Å². The molecule has 0 atom stereocenters. The van der Waals surface area contributed by atoms with Crippen LogP contribution in [-0.4, -0.2) is 23.0 Å². The molecule has 158 valence electrons. The van der Waals surface area contributed by atoms with E-state index in [-0.39, 0.29) is 6.04 Å². The molecule has 2 aliphatic rings. The average molecular weight is 432 g/mol. The topological polar surface area (TPSA) is 59.1 Å². The Morgan fingerprint density at radius 1 is 1.10 bits per heavy atom.